The maximum absolute atomic E-state index is 11.8. The second kappa shape index (κ2) is 16.0. The summed E-state index contributed by atoms with van der Waals surface area (Å²) in [5.74, 6) is -0.299. The fraction of sp³-hybridized carbons (Fsp3) is 0.212. The molecule has 45 heavy (non-hydrogen) atoms. The molecule has 5 N–H and O–H groups in total. The third-order valence-corrected chi connectivity index (χ3v) is 6.23. The van der Waals surface area contributed by atoms with Crippen molar-refractivity contribution in [3.05, 3.63) is 95.2 Å². The Hall–Kier alpha value is -5.96. The average molecular weight is 609 g/mol. The number of nitriles is 1. The number of aromatic amines is 1. The number of fused-ring (bicyclic) bond motifs is 1. The third-order valence-electron chi connectivity index (χ3n) is 6.23. The molecule has 0 bridgehead atoms. The number of ether oxygens (including phenoxy) is 2. The quantitative estimate of drug-likeness (QED) is 0.127. The number of nitrogens with one attached hydrogen (secondary N) is 1. The number of carbonyl (C=O) groups is 2. The van der Waals surface area contributed by atoms with E-state index < -0.39 is 11.9 Å². The molecule has 0 aliphatic carbocycles. The number of allylic oxidation sites excluding steroid dienone is 1. The molecule has 0 saturated heterocycles. The van der Waals surface area contributed by atoms with E-state index in [0.717, 1.165) is 22.5 Å². The van der Waals surface area contributed by atoms with E-state index in [0.29, 0.717) is 18.1 Å². The van der Waals surface area contributed by atoms with Crippen LogP contribution in [0, 0.1) is 25.2 Å². The Morgan fingerprint density at radius 2 is 1.56 bits per heavy atom. The number of aromatic nitrogens is 5. The van der Waals surface area contributed by atoms with Crippen molar-refractivity contribution in [1.29, 1.82) is 5.26 Å². The zero-order valence-corrected chi connectivity index (χ0v) is 25.9. The van der Waals surface area contributed by atoms with Crippen LogP contribution in [0.3, 0.4) is 0 Å². The first-order chi connectivity index (χ1) is 21.6. The van der Waals surface area contributed by atoms with Crippen molar-refractivity contribution in [3.8, 4) is 28.6 Å². The minimum atomic E-state index is -0.549. The Kier molecular flexibility index (Phi) is 12.0. The number of benzene rings is 2. The van der Waals surface area contributed by atoms with Crippen molar-refractivity contribution in [2.45, 2.75) is 34.6 Å². The van der Waals surface area contributed by atoms with Crippen LogP contribution in [-0.4, -0.2) is 49.9 Å². The monoisotopic (exact) mass is 608 g/mol. The van der Waals surface area contributed by atoms with Gasteiger partial charge in [0.05, 0.1) is 24.6 Å². The zero-order valence-electron chi connectivity index (χ0n) is 25.9. The normalized spacial score (nSPS) is 10.5. The summed E-state index contributed by atoms with van der Waals surface area (Å²) in [5.41, 5.74) is 18.6. The van der Waals surface area contributed by atoms with Gasteiger partial charge in [0.2, 0.25) is 0 Å². The Bertz CT molecular complexity index is 1810. The van der Waals surface area contributed by atoms with Crippen LogP contribution in [0.1, 0.15) is 42.3 Å². The highest BCUT2D eigenvalue weighted by atomic mass is 16.5. The van der Waals surface area contributed by atoms with Crippen molar-refractivity contribution in [2.75, 3.05) is 24.7 Å². The zero-order chi connectivity index (χ0) is 32.9. The van der Waals surface area contributed by atoms with Crippen LogP contribution in [0.25, 0.3) is 28.2 Å². The molecule has 232 valence electrons. The molecule has 0 unspecified atom stereocenters. The lowest BCUT2D eigenvalue weighted by molar-refractivity contribution is -0.138. The Morgan fingerprint density at radius 3 is 2.07 bits per heavy atom. The van der Waals surface area contributed by atoms with Crippen LogP contribution < -0.4 is 11.5 Å². The molecule has 5 rings (SSSR count). The third kappa shape index (κ3) is 9.01. The van der Waals surface area contributed by atoms with Gasteiger partial charge in [0, 0.05) is 23.9 Å². The first-order valence-corrected chi connectivity index (χ1v) is 14.1. The van der Waals surface area contributed by atoms with Gasteiger partial charge in [-0.15, -0.1) is 0 Å². The van der Waals surface area contributed by atoms with Crippen molar-refractivity contribution in [1.82, 2.24) is 24.8 Å². The van der Waals surface area contributed by atoms with Gasteiger partial charge in [0.15, 0.2) is 5.65 Å². The summed E-state index contributed by atoms with van der Waals surface area (Å²) < 4.78 is 11.0. The number of hydrogen-bond acceptors (Lipinski definition) is 10. The molecule has 0 saturated carbocycles. The number of esters is 2. The molecule has 5 aromatic rings. The van der Waals surface area contributed by atoms with Crippen LogP contribution in [0.4, 0.5) is 11.6 Å². The van der Waals surface area contributed by atoms with Crippen LogP contribution in [0.2, 0.25) is 0 Å². The van der Waals surface area contributed by atoms with E-state index in [1.54, 1.807) is 26.8 Å². The number of hydrogen-bond donors (Lipinski definition) is 3. The van der Waals surface area contributed by atoms with Gasteiger partial charge >= 0.3 is 11.9 Å². The fourth-order valence-corrected chi connectivity index (χ4v) is 3.84. The Labute approximate surface area is 261 Å². The molecular formula is C33H36N8O4. The summed E-state index contributed by atoms with van der Waals surface area (Å²) in [4.78, 5) is 26.8. The van der Waals surface area contributed by atoms with Crippen LogP contribution in [0.5, 0.6) is 0 Å². The SMILES string of the molecule is C/C=C(/C#N)C(=O)OCC.CCOC(=O)c1cnc2cc(-c3ccc(C)cc3)nn2c1N.Cc1ccc(-c2cc(N)n[nH]2)cc1. The molecule has 2 aromatic carbocycles. The van der Waals surface area contributed by atoms with E-state index in [4.69, 9.17) is 21.5 Å². The summed E-state index contributed by atoms with van der Waals surface area (Å²) >= 11 is 0. The standard InChI is InChI=1S/C16H16N4O2.C10H11N3.C7H9NO2/c1-3-22-16(21)12-9-18-14-8-13(19-20(14)15(12)17)11-6-4-10(2)5-7-11;1-7-2-4-8(5-3-7)9-6-10(11)13-12-9;1-3-6(5-8)7(9)10-4-2/h4-9H,3,17H2,1-2H3;2-6H,1H3,(H3,11,12,13);3H,4H2,1-2H3/b;;6-3-. The Balaban J connectivity index is 0.000000204. The van der Waals surface area contributed by atoms with Gasteiger partial charge < -0.3 is 20.9 Å². The summed E-state index contributed by atoms with van der Waals surface area (Å²) in [6.07, 6.45) is 2.85. The molecule has 3 aromatic heterocycles. The topological polar surface area (TPSA) is 187 Å². The van der Waals surface area contributed by atoms with E-state index in [-0.39, 0.29) is 23.6 Å². The van der Waals surface area contributed by atoms with Gasteiger partial charge in [-0.2, -0.15) is 20.0 Å². The van der Waals surface area contributed by atoms with Crippen LogP contribution >= 0.6 is 0 Å². The number of H-pyrrole nitrogens is 1. The fourth-order valence-electron chi connectivity index (χ4n) is 3.84. The van der Waals surface area contributed by atoms with E-state index in [2.05, 4.69) is 44.1 Å². The summed E-state index contributed by atoms with van der Waals surface area (Å²) in [7, 11) is 0. The number of anilines is 2. The van der Waals surface area contributed by atoms with Gasteiger partial charge in [-0.25, -0.2) is 14.6 Å². The number of nitrogens with zero attached hydrogens (tertiary/aromatic N) is 5. The molecule has 0 amide bonds. The largest absolute Gasteiger partial charge is 0.462 e. The van der Waals surface area contributed by atoms with E-state index in [1.165, 1.54) is 27.9 Å². The summed E-state index contributed by atoms with van der Waals surface area (Å²) in [6.45, 7) is 9.73. The maximum Gasteiger partial charge on any atom is 0.348 e. The highest BCUT2D eigenvalue weighted by molar-refractivity contribution is 5.94. The average Bonchev–Trinajstić information content (AvgIpc) is 3.67. The molecule has 0 radical (unpaired) electrons. The summed E-state index contributed by atoms with van der Waals surface area (Å²) in [6, 6.07) is 21.6. The van der Waals surface area contributed by atoms with Gasteiger partial charge in [0.25, 0.3) is 0 Å². The molecule has 3 heterocycles. The number of rotatable bonds is 6. The second-order valence-electron chi connectivity index (χ2n) is 9.55. The smallest absolute Gasteiger partial charge is 0.348 e. The minimum absolute atomic E-state index is 0.0573. The molecular weight excluding hydrogens is 572 g/mol. The van der Waals surface area contributed by atoms with Crippen molar-refractivity contribution in [3.63, 3.8) is 0 Å². The predicted octanol–water partition coefficient (Wildman–Crippen LogP) is 5.45. The molecule has 12 heteroatoms. The summed E-state index contributed by atoms with van der Waals surface area (Å²) in [5, 5.41) is 19.5. The highest BCUT2D eigenvalue weighted by Crippen LogP contribution is 2.22. The molecule has 0 aliphatic rings. The van der Waals surface area contributed by atoms with E-state index >= 15 is 0 Å². The maximum atomic E-state index is 11.8. The second-order valence-corrected chi connectivity index (χ2v) is 9.55. The number of carbonyl (C=O) groups excluding carboxylic acids is 2. The van der Waals surface area contributed by atoms with Gasteiger partial charge in [0.1, 0.15) is 28.8 Å². The minimum Gasteiger partial charge on any atom is -0.462 e. The molecule has 0 spiro atoms. The Morgan fingerprint density at radius 1 is 0.956 bits per heavy atom. The van der Waals surface area contributed by atoms with Crippen molar-refractivity contribution in [2.24, 2.45) is 0 Å². The van der Waals surface area contributed by atoms with Gasteiger partial charge in [-0.1, -0.05) is 65.7 Å². The first-order valence-electron chi connectivity index (χ1n) is 14.1. The predicted molar refractivity (Wildman–Crippen MR) is 173 cm³/mol. The molecule has 0 aliphatic heterocycles. The lowest BCUT2D eigenvalue weighted by atomic mass is 10.1. The molecule has 0 fully saturated rings. The molecule has 12 nitrogen and oxygen atoms in total. The molecule has 0 atom stereocenters. The number of aryl methyl sites for hydroxylation is 2. The van der Waals surface area contributed by atoms with Crippen molar-refractivity contribution < 1.29 is 19.1 Å². The lowest BCUT2D eigenvalue weighted by Gasteiger charge is -2.05. The van der Waals surface area contributed by atoms with Gasteiger partial charge in [-0.05, 0) is 40.2 Å². The highest BCUT2D eigenvalue weighted by Gasteiger charge is 2.16. The number of nitrogens with two attached hydrogens (primary N) is 2. The number of nitrogen functional groups attached to an aromatic ring is 2. The first kappa shape index (κ1) is 33.5. The van der Waals surface area contributed by atoms with Crippen LogP contribution in [-0.2, 0) is 14.3 Å². The van der Waals surface area contributed by atoms with Crippen molar-refractivity contribution >= 4 is 29.2 Å². The van der Waals surface area contributed by atoms with E-state index in [1.807, 2.05) is 55.5 Å². The van der Waals surface area contributed by atoms with Gasteiger partial charge in [-0.3, -0.25) is 5.10 Å². The lowest BCUT2D eigenvalue weighted by Crippen LogP contribution is -2.12. The van der Waals surface area contributed by atoms with E-state index in [9.17, 15) is 9.59 Å². The van der Waals surface area contributed by atoms with Crippen LogP contribution in [0.15, 0.2) is 78.5 Å².